The van der Waals surface area contributed by atoms with Crippen molar-refractivity contribution in [3.63, 3.8) is 0 Å². The van der Waals surface area contributed by atoms with Gasteiger partial charge in [0.15, 0.2) is 0 Å². The van der Waals surface area contributed by atoms with Crippen LogP contribution in [0.15, 0.2) is 12.1 Å². The average Bonchev–Trinajstić information content (AvgIpc) is 2.35. The summed E-state index contributed by atoms with van der Waals surface area (Å²) in [6.45, 7) is 12.1. The van der Waals surface area contributed by atoms with E-state index < -0.39 is 0 Å². The average molecular weight is 328 g/mol. The van der Waals surface area contributed by atoms with Crippen LogP contribution in [-0.2, 0) is 5.41 Å². The number of methoxy groups -OCH3 is 1. The monoisotopic (exact) mass is 327 g/mol. The van der Waals surface area contributed by atoms with Crippen LogP contribution in [0.25, 0.3) is 0 Å². The summed E-state index contributed by atoms with van der Waals surface area (Å²) in [6, 6.07) is 4.48. The minimum absolute atomic E-state index is 0.105. The number of hydrogen-bond acceptors (Lipinski definition) is 2. The van der Waals surface area contributed by atoms with E-state index in [0.29, 0.717) is 5.92 Å². The molecule has 3 heteroatoms. The first kappa shape index (κ1) is 16.5. The summed E-state index contributed by atoms with van der Waals surface area (Å²) >= 11 is 3.42. The third-order valence-electron chi connectivity index (χ3n) is 3.59. The van der Waals surface area contributed by atoms with E-state index in [-0.39, 0.29) is 5.41 Å². The minimum atomic E-state index is 0.105. The summed E-state index contributed by atoms with van der Waals surface area (Å²) in [5, 5.41) is 3.38. The van der Waals surface area contributed by atoms with Crippen LogP contribution < -0.4 is 10.1 Å². The molecular formula is C16H26BrNO. The molecule has 0 bridgehead atoms. The molecular weight excluding hydrogens is 302 g/mol. The van der Waals surface area contributed by atoms with Crippen molar-refractivity contribution in [3.05, 3.63) is 28.8 Å². The van der Waals surface area contributed by atoms with E-state index in [1.54, 1.807) is 7.11 Å². The van der Waals surface area contributed by atoms with Crippen LogP contribution in [0.5, 0.6) is 5.75 Å². The van der Waals surface area contributed by atoms with Gasteiger partial charge in [-0.15, -0.1) is 0 Å². The van der Waals surface area contributed by atoms with Crippen molar-refractivity contribution >= 4 is 15.9 Å². The predicted molar refractivity (Wildman–Crippen MR) is 86.6 cm³/mol. The highest BCUT2D eigenvalue weighted by Crippen LogP contribution is 2.34. The van der Waals surface area contributed by atoms with Gasteiger partial charge in [-0.05, 0) is 35.6 Å². The smallest absolute Gasteiger partial charge is 0.122 e. The highest BCUT2D eigenvalue weighted by molar-refractivity contribution is 9.09. The zero-order chi connectivity index (χ0) is 14.6. The summed E-state index contributed by atoms with van der Waals surface area (Å²) in [6.07, 6.45) is 0. The van der Waals surface area contributed by atoms with Crippen molar-refractivity contribution in [1.29, 1.82) is 0 Å². The number of aryl methyl sites for hydroxylation is 1. The van der Waals surface area contributed by atoms with Gasteiger partial charge < -0.3 is 10.1 Å². The number of rotatable bonds is 6. The SMILES string of the molecule is COc1cc(C)c(C(C)(C)CNCBr)cc1C(C)C. The van der Waals surface area contributed by atoms with Crippen molar-refractivity contribution in [1.82, 2.24) is 5.32 Å². The van der Waals surface area contributed by atoms with Gasteiger partial charge in [0, 0.05) is 12.0 Å². The van der Waals surface area contributed by atoms with E-state index in [2.05, 4.69) is 68.0 Å². The standard InChI is InChI=1S/C16H26BrNO/c1-11(2)13-8-14(12(3)7-15(13)19-6)16(4,5)9-18-10-17/h7-8,11,18H,9-10H2,1-6H3. The normalized spacial score (nSPS) is 12.0. The van der Waals surface area contributed by atoms with Gasteiger partial charge in [-0.2, -0.15) is 0 Å². The van der Waals surface area contributed by atoms with Gasteiger partial charge in [0.25, 0.3) is 0 Å². The first-order valence-electron chi connectivity index (χ1n) is 6.79. The topological polar surface area (TPSA) is 21.3 Å². The zero-order valence-corrected chi connectivity index (χ0v) is 14.5. The summed E-state index contributed by atoms with van der Waals surface area (Å²) in [5.74, 6) is 1.47. The quantitative estimate of drug-likeness (QED) is 0.619. The van der Waals surface area contributed by atoms with Crippen LogP contribution in [0.3, 0.4) is 0 Å². The third kappa shape index (κ3) is 3.96. The van der Waals surface area contributed by atoms with Gasteiger partial charge >= 0.3 is 0 Å². The van der Waals surface area contributed by atoms with Gasteiger partial charge in [-0.3, -0.25) is 0 Å². The van der Waals surface area contributed by atoms with Gasteiger partial charge in [0.2, 0.25) is 0 Å². The molecule has 1 aromatic carbocycles. The Bertz CT molecular complexity index is 427. The van der Waals surface area contributed by atoms with Crippen molar-refractivity contribution in [2.75, 3.05) is 19.1 Å². The van der Waals surface area contributed by atoms with Crippen LogP contribution in [0.4, 0.5) is 0 Å². The maximum atomic E-state index is 5.51. The maximum absolute atomic E-state index is 5.51. The molecule has 1 N–H and O–H groups in total. The van der Waals surface area contributed by atoms with Gasteiger partial charge in [-0.25, -0.2) is 0 Å². The van der Waals surface area contributed by atoms with Crippen LogP contribution in [0, 0.1) is 6.92 Å². The second-order valence-electron chi connectivity index (χ2n) is 6.01. The predicted octanol–water partition coefficient (Wildman–Crippen LogP) is 4.35. The molecule has 108 valence electrons. The molecule has 0 saturated heterocycles. The molecule has 0 radical (unpaired) electrons. The maximum Gasteiger partial charge on any atom is 0.122 e. The summed E-state index contributed by atoms with van der Waals surface area (Å²) in [5.41, 5.74) is 4.90. The molecule has 0 aliphatic carbocycles. The Hall–Kier alpha value is -0.540. The van der Waals surface area contributed by atoms with Crippen molar-refractivity contribution < 1.29 is 4.74 Å². The molecule has 1 rings (SSSR count). The first-order valence-corrected chi connectivity index (χ1v) is 7.91. The molecule has 0 heterocycles. The lowest BCUT2D eigenvalue weighted by atomic mass is 9.80. The Morgan fingerprint density at radius 2 is 1.95 bits per heavy atom. The molecule has 0 aliphatic heterocycles. The lowest BCUT2D eigenvalue weighted by molar-refractivity contribution is 0.405. The van der Waals surface area contributed by atoms with Crippen LogP contribution in [0.1, 0.15) is 50.3 Å². The third-order valence-corrected chi connectivity index (χ3v) is 3.99. The van der Waals surface area contributed by atoms with E-state index in [1.165, 1.54) is 16.7 Å². The Labute approximate surface area is 126 Å². The number of benzene rings is 1. The van der Waals surface area contributed by atoms with E-state index in [1.807, 2.05) is 0 Å². The van der Waals surface area contributed by atoms with E-state index in [4.69, 9.17) is 4.74 Å². The molecule has 19 heavy (non-hydrogen) atoms. The number of hydrogen-bond donors (Lipinski definition) is 1. The van der Waals surface area contributed by atoms with E-state index >= 15 is 0 Å². The van der Waals surface area contributed by atoms with Crippen LogP contribution in [0.2, 0.25) is 0 Å². The van der Waals surface area contributed by atoms with E-state index in [0.717, 1.165) is 17.7 Å². The molecule has 1 aromatic rings. The number of halogens is 1. The fourth-order valence-electron chi connectivity index (χ4n) is 2.51. The number of alkyl halides is 1. The fourth-order valence-corrected chi connectivity index (χ4v) is 2.71. The van der Waals surface area contributed by atoms with Crippen molar-refractivity contribution in [3.8, 4) is 5.75 Å². The molecule has 0 amide bonds. The molecule has 0 spiro atoms. The second kappa shape index (κ2) is 6.76. The Morgan fingerprint density at radius 3 is 2.42 bits per heavy atom. The minimum Gasteiger partial charge on any atom is -0.496 e. The van der Waals surface area contributed by atoms with Crippen LogP contribution in [-0.4, -0.2) is 19.1 Å². The molecule has 0 aromatic heterocycles. The lowest BCUT2D eigenvalue weighted by Crippen LogP contribution is -2.33. The van der Waals surface area contributed by atoms with Crippen LogP contribution >= 0.6 is 15.9 Å². The Balaban J connectivity index is 3.24. The second-order valence-corrected chi connectivity index (χ2v) is 6.57. The van der Waals surface area contributed by atoms with Crippen molar-refractivity contribution in [2.45, 2.75) is 46.0 Å². The first-order chi connectivity index (χ1) is 8.83. The molecule has 2 nitrogen and oxygen atoms in total. The molecule has 0 fully saturated rings. The summed E-state index contributed by atoms with van der Waals surface area (Å²) in [4.78, 5) is 0. The molecule has 0 aliphatic rings. The Kier molecular flexibility index (Phi) is 5.87. The van der Waals surface area contributed by atoms with E-state index in [9.17, 15) is 0 Å². The van der Waals surface area contributed by atoms with Gasteiger partial charge in [-0.1, -0.05) is 49.7 Å². The fraction of sp³-hybridized carbons (Fsp3) is 0.625. The number of nitrogens with one attached hydrogen (secondary N) is 1. The van der Waals surface area contributed by atoms with Gasteiger partial charge in [0.1, 0.15) is 5.75 Å². The number of ether oxygens (including phenoxy) is 1. The highest BCUT2D eigenvalue weighted by atomic mass is 79.9. The Morgan fingerprint density at radius 1 is 1.32 bits per heavy atom. The lowest BCUT2D eigenvalue weighted by Gasteiger charge is -2.29. The largest absolute Gasteiger partial charge is 0.496 e. The zero-order valence-electron chi connectivity index (χ0n) is 12.9. The summed E-state index contributed by atoms with van der Waals surface area (Å²) < 4.78 is 5.51. The summed E-state index contributed by atoms with van der Waals surface area (Å²) in [7, 11) is 1.75. The molecule has 0 saturated carbocycles. The van der Waals surface area contributed by atoms with Crippen molar-refractivity contribution in [2.24, 2.45) is 0 Å². The molecule has 0 atom stereocenters. The van der Waals surface area contributed by atoms with Gasteiger partial charge in [0.05, 0.1) is 12.6 Å². The highest BCUT2D eigenvalue weighted by Gasteiger charge is 2.24. The molecule has 0 unspecified atom stereocenters.